The van der Waals surface area contributed by atoms with Gasteiger partial charge in [0, 0.05) is 16.1 Å². The van der Waals surface area contributed by atoms with Crippen molar-refractivity contribution in [3.63, 3.8) is 0 Å². The Balaban J connectivity index is 2.75. The molecule has 0 aliphatic rings. The molecule has 0 bridgehead atoms. The first-order valence-electron chi connectivity index (χ1n) is 3.79. The van der Waals surface area contributed by atoms with E-state index in [9.17, 15) is 0 Å². The fourth-order valence-electron chi connectivity index (χ4n) is 1.00. The van der Waals surface area contributed by atoms with Crippen LogP contribution in [0.4, 0.5) is 0 Å². The quantitative estimate of drug-likeness (QED) is 0.873. The average Bonchev–Trinajstić information content (AvgIpc) is 2.07. The molecule has 1 aromatic carbocycles. The lowest BCUT2D eigenvalue weighted by atomic mass is 10.1. The molecular formula is C9H10BrClO. The molecule has 0 aliphatic carbocycles. The van der Waals surface area contributed by atoms with Crippen molar-refractivity contribution in [1.82, 2.24) is 0 Å². The Bertz CT molecular complexity index is 263. The maximum atomic E-state index is 8.63. The lowest BCUT2D eigenvalue weighted by Gasteiger charge is -2.02. The van der Waals surface area contributed by atoms with Crippen LogP contribution in [0.3, 0.4) is 0 Å². The first-order valence-corrected chi connectivity index (χ1v) is 4.96. The van der Waals surface area contributed by atoms with Gasteiger partial charge in [-0.05, 0) is 36.6 Å². The molecule has 0 aliphatic heterocycles. The molecule has 0 fully saturated rings. The number of hydrogen-bond donors (Lipinski definition) is 1. The normalized spacial score (nSPS) is 10.2. The van der Waals surface area contributed by atoms with Gasteiger partial charge in [0.15, 0.2) is 0 Å². The molecule has 3 heteroatoms. The van der Waals surface area contributed by atoms with Crippen molar-refractivity contribution in [2.24, 2.45) is 0 Å². The van der Waals surface area contributed by atoms with Gasteiger partial charge in [-0.1, -0.05) is 27.5 Å². The first-order chi connectivity index (χ1) is 5.74. The molecule has 0 spiro atoms. The van der Waals surface area contributed by atoms with Crippen molar-refractivity contribution >= 4 is 27.5 Å². The van der Waals surface area contributed by atoms with Crippen LogP contribution in [-0.4, -0.2) is 11.7 Å². The summed E-state index contributed by atoms with van der Waals surface area (Å²) in [5.41, 5.74) is 1.08. The Morgan fingerprint density at radius 3 is 2.83 bits per heavy atom. The van der Waals surface area contributed by atoms with E-state index in [-0.39, 0.29) is 6.61 Å². The van der Waals surface area contributed by atoms with E-state index >= 15 is 0 Å². The van der Waals surface area contributed by atoms with Crippen LogP contribution in [0.25, 0.3) is 0 Å². The van der Waals surface area contributed by atoms with Crippen molar-refractivity contribution in [2.45, 2.75) is 12.8 Å². The number of halogens is 2. The number of aliphatic hydroxyl groups excluding tert-OH is 1. The maximum Gasteiger partial charge on any atom is 0.0438 e. The minimum atomic E-state index is 0.211. The molecule has 0 saturated carbocycles. The molecule has 12 heavy (non-hydrogen) atoms. The topological polar surface area (TPSA) is 20.2 Å². The van der Waals surface area contributed by atoms with Crippen molar-refractivity contribution < 1.29 is 5.11 Å². The van der Waals surface area contributed by atoms with Crippen LogP contribution in [0.5, 0.6) is 0 Å². The SMILES string of the molecule is OCCCc1cc(Br)ccc1Cl. The van der Waals surface area contributed by atoms with Crippen molar-refractivity contribution in [2.75, 3.05) is 6.61 Å². The summed E-state index contributed by atoms with van der Waals surface area (Å²) in [5, 5.41) is 9.40. The number of aryl methyl sites for hydroxylation is 1. The van der Waals surface area contributed by atoms with Gasteiger partial charge in [-0.15, -0.1) is 0 Å². The largest absolute Gasteiger partial charge is 0.396 e. The van der Waals surface area contributed by atoms with Gasteiger partial charge in [-0.25, -0.2) is 0 Å². The zero-order valence-electron chi connectivity index (χ0n) is 6.56. The summed E-state index contributed by atoms with van der Waals surface area (Å²) >= 11 is 9.30. The van der Waals surface area contributed by atoms with Crippen molar-refractivity contribution in [3.8, 4) is 0 Å². The molecule has 1 N–H and O–H groups in total. The lowest BCUT2D eigenvalue weighted by Crippen LogP contribution is -1.90. The van der Waals surface area contributed by atoms with E-state index in [1.807, 2.05) is 18.2 Å². The molecule has 0 aromatic heterocycles. The molecule has 0 saturated heterocycles. The predicted molar refractivity (Wildman–Crippen MR) is 54.6 cm³/mol. The number of benzene rings is 1. The van der Waals surface area contributed by atoms with Crippen molar-refractivity contribution in [3.05, 3.63) is 33.3 Å². The van der Waals surface area contributed by atoms with Crippen LogP contribution in [0.15, 0.2) is 22.7 Å². The zero-order valence-corrected chi connectivity index (χ0v) is 8.90. The van der Waals surface area contributed by atoms with E-state index < -0.39 is 0 Å². The van der Waals surface area contributed by atoms with Gasteiger partial charge in [0.25, 0.3) is 0 Å². The number of aliphatic hydroxyl groups is 1. The molecule has 1 rings (SSSR count). The van der Waals surface area contributed by atoms with Crippen LogP contribution in [0.1, 0.15) is 12.0 Å². The summed E-state index contributed by atoms with van der Waals surface area (Å²) in [4.78, 5) is 0. The van der Waals surface area contributed by atoms with Gasteiger partial charge < -0.3 is 5.11 Å². The maximum absolute atomic E-state index is 8.63. The van der Waals surface area contributed by atoms with E-state index in [2.05, 4.69) is 15.9 Å². The highest BCUT2D eigenvalue weighted by atomic mass is 79.9. The van der Waals surface area contributed by atoms with Crippen LogP contribution >= 0.6 is 27.5 Å². The molecule has 0 unspecified atom stereocenters. The van der Waals surface area contributed by atoms with Gasteiger partial charge >= 0.3 is 0 Å². The second-order valence-electron chi connectivity index (χ2n) is 2.56. The Kier molecular flexibility index (Phi) is 4.06. The second kappa shape index (κ2) is 4.85. The van der Waals surface area contributed by atoms with Gasteiger partial charge in [-0.2, -0.15) is 0 Å². The third kappa shape index (κ3) is 2.77. The standard InChI is InChI=1S/C9H10BrClO/c10-8-3-4-9(11)7(6-8)2-1-5-12/h3-4,6,12H,1-2,5H2. The summed E-state index contributed by atoms with van der Waals surface area (Å²) in [6.45, 7) is 0.211. The summed E-state index contributed by atoms with van der Waals surface area (Å²) < 4.78 is 1.03. The monoisotopic (exact) mass is 248 g/mol. The summed E-state index contributed by atoms with van der Waals surface area (Å²) in [6.07, 6.45) is 1.59. The molecule has 1 aromatic rings. The Morgan fingerprint density at radius 2 is 2.17 bits per heavy atom. The highest BCUT2D eigenvalue weighted by molar-refractivity contribution is 9.10. The smallest absolute Gasteiger partial charge is 0.0438 e. The fraction of sp³-hybridized carbons (Fsp3) is 0.333. The Morgan fingerprint density at radius 1 is 1.42 bits per heavy atom. The summed E-state index contributed by atoms with van der Waals surface area (Å²) in [5.74, 6) is 0. The molecule has 0 heterocycles. The summed E-state index contributed by atoms with van der Waals surface area (Å²) in [7, 11) is 0. The van der Waals surface area contributed by atoms with E-state index in [1.165, 1.54) is 0 Å². The third-order valence-electron chi connectivity index (χ3n) is 1.61. The minimum Gasteiger partial charge on any atom is -0.396 e. The van der Waals surface area contributed by atoms with E-state index in [0.717, 1.165) is 27.9 Å². The van der Waals surface area contributed by atoms with E-state index in [4.69, 9.17) is 16.7 Å². The zero-order chi connectivity index (χ0) is 8.97. The van der Waals surface area contributed by atoms with E-state index in [0.29, 0.717) is 0 Å². The van der Waals surface area contributed by atoms with Crippen LogP contribution in [0, 0.1) is 0 Å². The Labute approximate surface area is 85.5 Å². The predicted octanol–water partition coefficient (Wildman–Crippen LogP) is 3.03. The fourth-order valence-corrected chi connectivity index (χ4v) is 1.62. The van der Waals surface area contributed by atoms with E-state index in [1.54, 1.807) is 0 Å². The second-order valence-corrected chi connectivity index (χ2v) is 3.89. The molecule has 1 nitrogen and oxygen atoms in total. The number of hydrogen-bond acceptors (Lipinski definition) is 1. The van der Waals surface area contributed by atoms with Crippen molar-refractivity contribution in [1.29, 1.82) is 0 Å². The van der Waals surface area contributed by atoms with Crippen LogP contribution in [0.2, 0.25) is 5.02 Å². The molecule has 0 atom stereocenters. The van der Waals surface area contributed by atoms with Crippen LogP contribution < -0.4 is 0 Å². The highest BCUT2D eigenvalue weighted by Crippen LogP contribution is 2.21. The molecule has 66 valence electrons. The average molecular weight is 250 g/mol. The number of rotatable bonds is 3. The lowest BCUT2D eigenvalue weighted by molar-refractivity contribution is 0.288. The highest BCUT2D eigenvalue weighted by Gasteiger charge is 1.99. The van der Waals surface area contributed by atoms with Gasteiger partial charge in [0.1, 0.15) is 0 Å². The summed E-state index contributed by atoms with van der Waals surface area (Å²) in [6, 6.07) is 5.75. The van der Waals surface area contributed by atoms with Gasteiger partial charge in [0.2, 0.25) is 0 Å². The third-order valence-corrected chi connectivity index (χ3v) is 2.47. The van der Waals surface area contributed by atoms with Gasteiger partial charge in [-0.3, -0.25) is 0 Å². The first kappa shape index (κ1) is 10.0. The van der Waals surface area contributed by atoms with Crippen LogP contribution in [-0.2, 0) is 6.42 Å². The molecule has 0 amide bonds. The Hall–Kier alpha value is -0.0500. The molecule has 0 radical (unpaired) electrons. The molecular weight excluding hydrogens is 239 g/mol. The van der Waals surface area contributed by atoms with Gasteiger partial charge in [0.05, 0.1) is 0 Å². The minimum absolute atomic E-state index is 0.211.